The fourth-order valence-electron chi connectivity index (χ4n) is 1.24. The summed E-state index contributed by atoms with van der Waals surface area (Å²) in [6.07, 6.45) is 0. The molecule has 0 saturated heterocycles. The van der Waals surface area contributed by atoms with Crippen LogP contribution in [0.1, 0.15) is 10.4 Å². The molecule has 98 valence electrons. The summed E-state index contributed by atoms with van der Waals surface area (Å²) in [6.45, 7) is 0.577. The van der Waals surface area contributed by atoms with E-state index in [1.54, 1.807) is 0 Å². The zero-order valence-electron chi connectivity index (χ0n) is 9.61. The molecule has 5 N–H and O–H groups in total. The number of carbonyl (C=O) groups excluding carboxylic acids is 2. The molecule has 0 aromatic heterocycles. The van der Waals surface area contributed by atoms with Crippen LogP contribution in [0.25, 0.3) is 0 Å². The van der Waals surface area contributed by atoms with Crippen molar-refractivity contribution in [3.63, 3.8) is 0 Å². The minimum absolute atomic E-state index is 0.0909. The number of nitrogens with one attached hydrogen (secondary N) is 1. The van der Waals surface area contributed by atoms with Crippen molar-refractivity contribution in [1.82, 2.24) is 0 Å². The number of hydrogen-bond donors (Lipinski definition) is 3. The lowest BCUT2D eigenvalue weighted by Crippen LogP contribution is -2.21. The minimum atomic E-state index is -0.621. The van der Waals surface area contributed by atoms with Crippen molar-refractivity contribution in [3.05, 3.63) is 28.8 Å². The third kappa shape index (κ3) is 4.33. The lowest BCUT2D eigenvalue weighted by Gasteiger charge is -2.07. The summed E-state index contributed by atoms with van der Waals surface area (Å²) in [5, 5.41) is 2.75. The van der Waals surface area contributed by atoms with E-state index < -0.39 is 5.91 Å². The molecule has 0 heterocycles. The topological polar surface area (TPSA) is 107 Å². The number of rotatable bonds is 6. The van der Waals surface area contributed by atoms with Crippen molar-refractivity contribution in [2.75, 3.05) is 25.1 Å². The van der Waals surface area contributed by atoms with Crippen LogP contribution in [0.4, 0.5) is 5.69 Å². The van der Waals surface area contributed by atoms with Gasteiger partial charge in [0.15, 0.2) is 0 Å². The first-order valence-corrected chi connectivity index (χ1v) is 5.59. The second kappa shape index (κ2) is 6.95. The Morgan fingerprint density at radius 2 is 2.11 bits per heavy atom. The Hall–Kier alpha value is -1.63. The highest BCUT2D eigenvalue weighted by Gasteiger charge is 2.08. The molecule has 0 aliphatic rings. The Morgan fingerprint density at radius 3 is 2.67 bits per heavy atom. The molecule has 1 aromatic rings. The van der Waals surface area contributed by atoms with Gasteiger partial charge in [0.25, 0.3) is 0 Å². The van der Waals surface area contributed by atoms with Crippen LogP contribution in [0, 0.1) is 0 Å². The standard InChI is InChI=1S/C11H14ClN3O3/c12-9-5-7(1-2-8(9)11(14)17)15-10(16)6-18-4-3-13/h1-2,5H,3-4,6,13H2,(H2,14,17)(H,15,16). The summed E-state index contributed by atoms with van der Waals surface area (Å²) in [5.41, 5.74) is 11.0. The Bertz CT molecular complexity index is 451. The zero-order chi connectivity index (χ0) is 13.5. The Labute approximate surface area is 109 Å². The Morgan fingerprint density at radius 1 is 1.39 bits per heavy atom. The number of carbonyl (C=O) groups is 2. The van der Waals surface area contributed by atoms with Crippen LogP contribution in [0.2, 0.25) is 5.02 Å². The van der Waals surface area contributed by atoms with Crippen LogP contribution in [0.15, 0.2) is 18.2 Å². The molecule has 0 saturated carbocycles. The third-order valence-corrected chi connectivity index (χ3v) is 2.33. The van der Waals surface area contributed by atoms with Gasteiger partial charge >= 0.3 is 0 Å². The number of nitrogens with two attached hydrogens (primary N) is 2. The van der Waals surface area contributed by atoms with E-state index in [0.717, 1.165) is 0 Å². The highest BCUT2D eigenvalue weighted by molar-refractivity contribution is 6.34. The number of anilines is 1. The first kappa shape index (κ1) is 14.4. The van der Waals surface area contributed by atoms with Gasteiger partial charge in [0.05, 0.1) is 17.2 Å². The lowest BCUT2D eigenvalue weighted by atomic mass is 10.2. The first-order chi connectivity index (χ1) is 8.54. The van der Waals surface area contributed by atoms with E-state index >= 15 is 0 Å². The zero-order valence-corrected chi connectivity index (χ0v) is 10.4. The van der Waals surface area contributed by atoms with Crippen LogP contribution in [-0.4, -0.2) is 31.6 Å². The molecular weight excluding hydrogens is 258 g/mol. The molecule has 1 aromatic carbocycles. The molecule has 0 radical (unpaired) electrons. The molecular formula is C11H14ClN3O3. The summed E-state index contributed by atoms with van der Waals surface area (Å²) < 4.78 is 4.96. The monoisotopic (exact) mass is 271 g/mol. The van der Waals surface area contributed by atoms with E-state index in [4.69, 9.17) is 27.8 Å². The van der Waals surface area contributed by atoms with Crippen molar-refractivity contribution >= 4 is 29.1 Å². The molecule has 0 spiro atoms. The van der Waals surface area contributed by atoms with E-state index in [2.05, 4.69) is 5.32 Å². The van der Waals surface area contributed by atoms with Gasteiger partial charge in [0.1, 0.15) is 6.61 Å². The van der Waals surface area contributed by atoms with Crippen LogP contribution < -0.4 is 16.8 Å². The van der Waals surface area contributed by atoms with Gasteiger partial charge in [-0.15, -0.1) is 0 Å². The lowest BCUT2D eigenvalue weighted by molar-refractivity contribution is -0.120. The molecule has 0 atom stereocenters. The van der Waals surface area contributed by atoms with Crippen molar-refractivity contribution in [2.45, 2.75) is 0 Å². The van der Waals surface area contributed by atoms with Crippen molar-refractivity contribution in [2.24, 2.45) is 11.5 Å². The number of amides is 2. The summed E-state index contributed by atoms with van der Waals surface area (Å²) in [7, 11) is 0. The van der Waals surface area contributed by atoms with Gasteiger partial charge < -0.3 is 21.5 Å². The van der Waals surface area contributed by atoms with Crippen LogP contribution in [-0.2, 0) is 9.53 Å². The molecule has 2 amide bonds. The minimum Gasteiger partial charge on any atom is -0.370 e. The van der Waals surface area contributed by atoms with Crippen LogP contribution >= 0.6 is 11.6 Å². The van der Waals surface area contributed by atoms with Gasteiger partial charge in [-0.2, -0.15) is 0 Å². The van der Waals surface area contributed by atoms with Gasteiger partial charge in [-0.25, -0.2) is 0 Å². The maximum absolute atomic E-state index is 11.4. The predicted molar refractivity (Wildman–Crippen MR) is 68.5 cm³/mol. The molecule has 0 aliphatic heterocycles. The molecule has 0 bridgehead atoms. The summed E-state index contributed by atoms with van der Waals surface area (Å²) in [5.74, 6) is -0.949. The fourth-order valence-corrected chi connectivity index (χ4v) is 1.51. The largest absolute Gasteiger partial charge is 0.370 e. The summed E-state index contributed by atoms with van der Waals surface area (Å²) in [4.78, 5) is 22.4. The average Bonchev–Trinajstić information content (AvgIpc) is 2.28. The van der Waals surface area contributed by atoms with E-state index in [1.165, 1.54) is 18.2 Å². The van der Waals surface area contributed by atoms with Crippen molar-refractivity contribution in [1.29, 1.82) is 0 Å². The Balaban J connectivity index is 2.60. The summed E-state index contributed by atoms with van der Waals surface area (Å²) in [6, 6.07) is 4.43. The number of primary amides is 1. The molecule has 18 heavy (non-hydrogen) atoms. The second-order valence-corrected chi connectivity index (χ2v) is 3.86. The van der Waals surface area contributed by atoms with Gasteiger partial charge in [-0.1, -0.05) is 11.6 Å². The molecule has 6 nitrogen and oxygen atoms in total. The highest BCUT2D eigenvalue weighted by atomic mass is 35.5. The highest BCUT2D eigenvalue weighted by Crippen LogP contribution is 2.20. The van der Waals surface area contributed by atoms with Crippen molar-refractivity contribution in [3.8, 4) is 0 Å². The van der Waals surface area contributed by atoms with Gasteiger partial charge in [0.2, 0.25) is 11.8 Å². The molecule has 0 aliphatic carbocycles. The normalized spacial score (nSPS) is 10.1. The van der Waals surface area contributed by atoms with Crippen molar-refractivity contribution < 1.29 is 14.3 Å². The molecule has 7 heteroatoms. The smallest absolute Gasteiger partial charge is 0.250 e. The van der Waals surface area contributed by atoms with Gasteiger partial charge in [0, 0.05) is 12.2 Å². The molecule has 0 unspecified atom stereocenters. The maximum Gasteiger partial charge on any atom is 0.250 e. The van der Waals surface area contributed by atoms with E-state index in [1.807, 2.05) is 0 Å². The summed E-state index contributed by atoms with van der Waals surface area (Å²) >= 11 is 5.83. The quantitative estimate of drug-likeness (QED) is 0.649. The SMILES string of the molecule is NCCOCC(=O)Nc1ccc(C(N)=O)c(Cl)c1. The predicted octanol–water partition coefficient (Wildman–Crippen LogP) is 0.353. The maximum atomic E-state index is 11.4. The van der Waals surface area contributed by atoms with Gasteiger partial charge in [-0.05, 0) is 18.2 Å². The van der Waals surface area contributed by atoms with E-state index in [9.17, 15) is 9.59 Å². The van der Waals surface area contributed by atoms with E-state index in [0.29, 0.717) is 18.8 Å². The number of ether oxygens (including phenoxy) is 1. The average molecular weight is 272 g/mol. The fraction of sp³-hybridized carbons (Fsp3) is 0.273. The number of benzene rings is 1. The Kier molecular flexibility index (Phi) is 5.57. The number of halogens is 1. The second-order valence-electron chi connectivity index (χ2n) is 3.45. The molecule has 0 fully saturated rings. The molecule has 1 rings (SSSR count). The van der Waals surface area contributed by atoms with Crippen LogP contribution in [0.5, 0.6) is 0 Å². The first-order valence-electron chi connectivity index (χ1n) is 5.21. The number of hydrogen-bond acceptors (Lipinski definition) is 4. The van der Waals surface area contributed by atoms with Crippen LogP contribution in [0.3, 0.4) is 0 Å². The third-order valence-electron chi connectivity index (χ3n) is 2.01. The van der Waals surface area contributed by atoms with Gasteiger partial charge in [-0.3, -0.25) is 9.59 Å². The van der Waals surface area contributed by atoms with E-state index in [-0.39, 0.29) is 23.1 Å².